The van der Waals surface area contributed by atoms with Gasteiger partial charge in [0.25, 0.3) is 5.69 Å². The van der Waals surface area contributed by atoms with Crippen LogP contribution in [0.3, 0.4) is 0 Å². The normalized spacial score (nSPS) is 11.3. The number of para-hydroxylation sites is 3. The molecule has 2 N–H and O–H groups in total. The Hall–Kier alpha value is -2.91. The van der Waals surface area contributed by atoms with Gasteiger partial charge in [-0.1, -0.05) is 24.3 Å². The average Bonchev–Trinajstić information content (AvgIpc) is 3.04. The van der Waals surface area contributed by atoms with Crippen molar-refractivity contribution in [1.82, 2.24) is 10.4 Å². The lowest BCUT2D eigenvalue weighted by molar-refractivity contribution is -0.383. The van der Waals surface area contributed by atoms with E-state index in [1.165, 1.54) is 17.4 Å². The topological polar surface area (TPSA) is 92.5 Å². The largest absolute Gasteiger partial charge is 0.326 e. The number of anilines is 1. The third-order valence-corrected chi connectivity index (χ3v) is 4.62. The molecule has 0 saturated carbocycles. The molecule has 1 aromatic heterocycles. The van der Waals surface area contributed by atoms with E-state index in [4.69, 9.17) is 12.2 Å². The zero-order chi connectivity index (χ0) is 17.8. The minimum Gasteiger partial charge on any atom is -0.326 e. The number of thiocarbonyl (C=S) groups is 1. The second-order valence-electron chi connectivity index (χ2n) is 5.02. The summed E-state index contributed by atoms with van der Waals surface area (Å²) in [4.78, 5) is 15.0. The highest BCUT2D eigenvalue weighted by molar-refractivity contribution is 7.80. The number of rotatable bonds is 4. The molecule has 126 valence electrons. The molecule has 3 aromatic rings. The molecule has 0 aliphatic heterocycles. The first-order valence-corrected chi connectivity index (χ1v) is 8.48. The van der Waals surface area contributed by atoms with Crippen LogP contribution in [0.4, 0.5) is 11.4 Å². The maximum atomic E-state index is 11.0. The lowest BCUT2D eigenvalue weighted by atomic mass is 10.3. The summed E-state index contributed by atoms with van der Waals surface area (Å²) in [5, 5.41) is 18.9. The fraction of sp³-hybridized carbons (Fsp3) is 0.0625. The number of hydrazone groups is 1. The highest BCUT2D eigenvalue weighted by atomic mass is 32.1. The zero-order valence-corrected chi connectivity index (χ0v) is 14.7. The van der Waals surface area contributed by atoms with Crippen molar-refractivity contribution in [2.75, 3.05) is 5.32 Å². The summed E-state index contributed by atoms with van der Waals surface area (Å²) in [6, 6.07) is 14.1. The molecule has 0 aliphatic rings. The lowest BCUT2D eigenvalue weighted by Gasteiger charge is -2.07. The number of hydrogen-bond donors (Lipinski definition) is 2. The van der Waals surface area contributed by atoms with Crippen LogP contribution in [-0.2, 0) is 0 Å². The fourth-order valence-corrected chi connectivity index (χ4v) is 3.16. The molecule has 0 fully saturated rings. The Morgan fingerprint density at radius 2 is 1.96 bits per heavy atom. The van der Waals surface area contributed by atoms with Crippen molar-refractivity contribution in [2.24, 2.45) is 5.10 Å². The standard InChI is InChI=1S/C16H13N5O2S2/c1-10(15-17-12-7-3-5-9-14(12)25-15)19-20-16(24)18-11-6-2-4-8-13(11)21(22)23/h2-9H,1H3,(H2,18,20,24)/b19-10-. The Labute approximate surface area is 152 Å². The molecule has 7 nitrogen and oxygen atoms in total. The number of fused-ring (bicyclic) bond motifs is 1. The minimum atomic E-state index is -0.472. The molecule has 0 amide bonds. The number of nitro groups is 1. The van der Waals surface area contributed by atoms with E-state index in [-0.39, 0.29) is 10.8 Å². The Balaban J connectivity index is 1.71. The van der Waals surface area contributed by atoms with Crippen LogP contribution in [0.15, 0.2) is 53.6 Å². The zero-order valence-electron chi connectivity index (χ0n) is 13.1. The summed E-state index contributed by atoms with van der Waals surface area (Å²) in [5.74, 6) is 0. The second-order valence-corrected chi connectivity index (χ2v) is 6.46. The predicted octanol–water partition coefficient (Wildman–Crippen LogP) is 3.92. The molecule has 0 bridgehead atoms. The number of nitrogens with one attached hydrogen (secondary N) is 2. The molecule has 0 saturated heterocycles. The summed E-state index contributed by atoms with van der Waals surface area (Å²) in [6.45, 7) is 1.82. The monoisotopic (exact) mass is 371 g/mol. The van der Waals surface area contributed by atoms with E-state index in [9.17, 15) is 10.1 Å². The van der Waals surface area contributed by atoms with Crippen molar-refractivity contribution < 1.29 is 4.92 Å². The summed E-state index contributed by atoms with van der Waals surface area (Å²) in [5.41, 5.74) is 4.53. The van der Waals surface area contributed by atoms with E-state index >= 15 is 0 Å². The molecule has 2 aromatic carbocycles. The van der Waals surface area contributed by atoms with Crippen LogP contribution in [-0.4, -0.2) is 20.7 Å². The maximum absolute atomic E-state index is 11.0. The number of nitro benzene ring substituents is 1. The Bertz CT molecular complexity index is 950. The lowest BCUT2D eigenvalue weighted by Crippen LogP contribution is -2.25. The molecule has 25 heavy (non-hydrogen) atoms. The van der Waals surface area contributed by atoms with Crippen molar-refractivity contribution in [3.8, 4) is 0 Å². The number of aromatic nitrogens is 1. The van der Waals surface area contributed by atoms with E-state index in [0.717, 1.165) is 15.2 Å². The van der Waals surface area contributed by atoms with Crippen molar-refractivity contribution in [2.45, 2.75) is 6.92 Å². The van der Waals surface area contributed by atoms with Crippen molar-refractivity contribution in [3.63, 3.8) is 0 Å². The summed E-state index contributed by atoms with van der Waals surface area (Å²) >= 11 is 6.68. The third-order valence-electron chi connectivity index (χ3n) is 3.28. The van der Waals surface area contributed by atoms with E-state index < -0.39 is 4.92 Å². The maximum Gasteiger partial charge on any atom is 0.292 e. The van der Waals surface area contributed by atoms with Gasteiger partial charge in [-0.05, 0) is 37.3 Å². The van der Waals surface area contributed by atoms with Crippen molar-refractivity contribution in [3.05, 3.63) is 63.7 Å². The average molecular weight is 371 g/mol. The first kappa shape index (κ1) is 16.9. The van der Waals surface area contributed by atoms with Gasteiger partial charge in [0.1, 0.15) is 10.7 Å². The molecular formula is C16H13N5O2S2. The first-order valence-electron chi connectivity index (χ1n) is 7.25. The predicted molar refractivity (Wildman–Crippen MR) is 104 cm³/mol. The summed E-state index contributed by atoms with van der Waals surface area (Å²) in [7, 11) is 0. The van der Waals surface area contributed by atoms with Gasteiger partial charge in [-0.15, -0.1) is 11.3 Å². The van der Waals surface area contributed by atoms with Gasteiger partial charge in [0.15, 0.2) is 5.11 Å². The summed E-state index contributed by atoms with van der Waals surface area (Å²) in [6.07, 6.45) is 0. The molecule has 0 radical (unpaired) electrons. The van der Waals surface area contributed by atoms with Gasteiger partial charge in [-0.25, -0.2) is 4.98 Å². The molecular weight excluding hydrogens is 358 g/mol. The Morgan fingerprint density at radius 3 is 2.72 bits per heavy atom. The quantitative estimate of drug-likeness (QED) is 0.313. The fourth-order valence-electron chi connectivity index (χ4n) is 2.10. The van der Waals surface area contributed by atoms with Crippen LogP contribution >= 0.6 is 23.6 Å². The molecule has 3 rings (SSSR count). The Morgan fingerprint density at radius 1 is 1.24 bits per heavy atom. The van der Waals surface area contributed by atoms with Crippen LogP contribution in [0.1, 0.15) is 11.9 Å². The van der Waals surface area contributed by atoms with E-state index in [0.29, 0.717) is 11.4 Å². The molecule has 0 unspecified atom stereocenters. The molecule has 9 heteroatoms. The van der Waals surface area contributed by atoms with E-state index in [1.54, 1.807) is 18.2 Å². The number of benzene rings is 2. The number of thiazole rings is 1. The minimum absolute atomic E-state index is 0.0569. The van der Waals surface area contributed by atoms with Crippen molar-refractivity contribution >= 4 is 56.0 Å². The van der Waals surface area contributed by atoms with E-state index in [2.05, 4.69) is 20.8 Å². The van der Waals surface area contributed by atoms with Gasteiger partial charge in [0.2, 0.25) is 0 Å². The van der Waals surface area contributed by atoms with Gasteiger partial charge < -0.3 is 5.32 Å². The van der Waals surface area contributed by atoms with Crippen LogP contribution in [0.2, 0.25) is 0 Å². The number of nitrogens with zero attached hydrogens (tertiary/aromatic N) is 3. The van der Waals surface area contributed by atoms with Crippen LogP contribution in [0.25, 0.3) is 10.2 Å². The van der Waals surface area contributed by atoms with Crippen molar-refractivity contribution in [1.29, 1.82) is 0 Å². The van der Waals surface area contributed by atoms with Crippen LogP contribution in [0, 0.1) is 10.1 Å². The smallest absolute Gasteiger partial charge is 0.292 e. The SMILES string of the molecule is C/C(=N/NC(=S)Nc1ccccc1[N+](=O)[O-])c1nc2ccccc2s1. The molecule has 0 atom stereocenters. The van der Waals surface area contributed by atoms with Gasteiger partial charge in [0, 0.05) is 6.07 Å². The van der Waals surface area contributed by atoms with Crippen LogP contribution in [0.5, 0.6) is 0 Å². The van der Waals surface area contributed by atoms with Gasteiger partial charge in [-0.2, -0.15) is 5.10 Å². The third kappa shape index (κ3) is 3.95. The first-order chi connectivity index (χ1) is 12.0. The van der Waals surface area contributed by atoms with Gasteiger partial charge in [-0.3, -0.25) is 15.5 Å². The van der Waals surface area contributed by atoms with Crippen LogP contribution < -0.4 is 10.7 Å². The van der Waals surface area contributed by atoms with Gasteiger partial charge in [0.05, 0.1) is 20.9 Å². The summed E-state index contributed by atoms with van der Waals surface area (Å²) < 4.78 is 1.08. The number of hydrogen-bond acceptors (Lipinski definition) is 6. The second kappa shape index (κ2) is 7.32. The van der Waals surface area contributed by atoms with Gasteiger partial charge >= 0.3 is 0 Å². The van der Waals surface area contributed by atoms with E-state index in [1.807, 2.05) is 31.2 Å². The molecule has 0 spiro atoms. The molecule has 1 heterocycles. The molecule has 0 aliphatic carbocycles. The highest BCUT2D eigenvalue weighted by Crippen LogP contribution is 2.23. The Kier molecular flexibility index (Phi) is 4.96. The highest BCUT2D eigenvalue weighted by Gasteiger charge is 2.13.